The van der Waals surface area contributed by atoms with Gasteiger partial charge in [-0.3, -0.25) is 4.79 Å². The van der Waals surface area contributed by atoms with Gasteiger partial charge in [0.25, 0.3) is 0 Å². The Kier molecular flexibility index (Phi) is 8.72. The second-order valence-electron chi connectivity index (χ2n) is 7.80. The van der Waals surface area contributed by atoms with Crippen molar-refractivity contribution in [3.63, 3.8) is 0 Å². The van der Waals surface area contributed by atoms with Crippen LogP contribution in [0.2, 0.25) is 0 Å². The van der Waals surface area contributed by atoms with Crippen molar-refractivity contribution in [2.45, 2.75) is 46.0 Å². The number of hydrogen-bond acceptors (Lipinski definition) is 5. The number of halogens is 1. The van der Waals surface area contributed by atoms with E-state index in [0.29, 0.717) is 37.4 Å². The Morgan fingerprint density at radius 1 is 1.17 bits per heavy atom. The third-order valence-electron chi connectivity index (χ3n) is 4.29. The number of carbonyl (C=O) groups is 1. The molecule has 2 aromatic carbocycles. The summed E-state index contributed by atoms with van der Waals surface area (Å²) in [6.45, 7) is 9.20. The van der Waals surface area contributed by atoms with E-state index >= 15 is 0 Å². The number of hydrogen-bond donors (Lipinski definition) is 2. The third-order valence-corrected chi connectivity index (χ3v) is 4.91. The van der Waals surface area contributed by atoms with Gasteiger partial charge >= 0.3 is 0 Å². The van der Waals surface area contributed by atoms with Crippen LogP contribution in [0.4, 0.5) is 0 Å². The quantitative estimate of drug-likeness (QED) is 0.297. The van der Waals surface area contributed by atoms with Crippen LogP contribution in [-0.4, -0.2) is 30.4 Å². The Hall–Kier alpha value is -2.54. The topological polar surface area (TPSA) is 80.2 Å². The van der Waals surface area contributed by atoms with Gasteiger partial charge in [0.2, 0.25) is 5.91 Å². The summed E-state index contributed by atoms with van der Waals surface area (Å²) >= 11 is 3.55. The molecule has 2 aromatic rings. The number of hydrazone groups is 1. The first-order valence-electron chi connectivity index (χ1n) is 9.91. The maximum atomic E-state index is 11.9. The average molecular weight is 477 g/mol. The molecule has 0 atom stereocenters. The van der Waals surface area contributed by atoms with Gasteiger partial charge in [0.15, 0.2) is 11.5 Å². The van der Waals surface area contributed by atoms with Crippen molar-refractivity contribution in [3.05, 3.63) is 52.0 Å². The summed E-state index contributed by atoms with van der Waals surface area (Å²) in [5.74, 6) is 1.02. The predicted octanol–water partition coefficient (Wildman–Crippen LogP) is 5.16. The first kappa shape index (κ1) is 23.7. The monoisotopic (exact) mass is 476 g/mol. The Bertz CT molecular complexity index is 891. The number of phenols is 1. The van der Waals surface area contributed by atoms with Crippen molar-refractivity contribution >= 4 is 28.1 Å². The average Bonchev–Trinajstić information content (AvgIpc) is 2.68. The molecule has 0 bridgehead atoms. The predicted molar refractivity (Wildman–Crippen MR) is 123 cm³/mol. The standard InChI is InChI=1S/C23H29BrN2O4/c1-5-29-21-13-16(8-10-19(21)27)15-25-26-22(28)7-6-12-30-20-11-9-17(14-18(20)24)23(2,3)4/h8-11,13-15,27H,5-7,12H2,1-4H3,(H,26,28)/b25-15+. The molecule has 0 aromatic heterocycles. The van der Waals surface area contributed by atoms with E-state index in [1.807, 2.05) is 13.0 Å². The molecule has 0 aliphatic rings. The van der Waals surface area contributed by atoms with Crippen LogP contribution in [0, 0.1) is 0 Å². The number of aromatic hydroxyl groups is 1. The summed E-state index contributed by atoms with van der Waals surface area (Å²) in [4.78, 5) is 11.9. The van der Waals surface area contributed by atoms with Gasteiger partial charge in [-0.05, 0) is 76.1 Å². The summed E-state index contributed by atoms with van der Waals surface area (Å²) in [7, 11) is 0. The molecule has 0 saturated heterocycles. The summed E-state index contributed by atoms with van der Waals surface area (Å²) in [6.07, 6.45) is 2.38. The first-order valence-corrected chi connectivity index (χ1v) is 10.7. The van der Waals surface area contributed by atoms with E-state index in [1.54, 1.807) is 12.1 Å². The van der Waals surface area contributed by atoms with Gasteiger partial charge in [-0.15, -0.1) is 0 Å². The van der Waals surface area contributed by atoms with Gasteiger partial charge in [-0.25, -0.2) is 5.43 Å². The minimum absolute atomic E-state index is 0.0673. The summed E-state index contributed by atoms with van der Waals surface area (Å²) in [6, 6.07) is 10.9. The SMILES string of the molecule is CCOc1cc(/C=N/NC(=O)CCCOc2ccc(C(C)(C)C)cc2Br)ccc1O. The fraction of sp³-hybridized carbons (Fsp3) is 0.391. The van der Waals surface area contributed by atoms with E-state index in [-0.39, 0.29) is 17.1 Å². The normalized spacial score (nSPS) is 11.5. The van der Waals surface area contributed by atoms with Crippen LogP contribution in [0.1, 0.15) is 51.7 Å². The minimum Gasteiger partial charge on any atom is -0.504 e. The molecule has 0 heterocycles. The lowest BCUT2D eigenvalue weighted by Crippen LogP contribution is -2.18. The molecule has 1 amide bonds. The highest BCUT2D eigenvalue weighted by Crippen LogP contribution is 2.31. The Labute approximate surface area is 186 Å². The van der Waals surface area contributed by atoms with Crippen LogP contribution < -0.4 is 14.9 Å². The smallest absolute Gasteiger partial charge is 0.240 e. The summed E-state index contributed by atoms with van der Waals surface area (Å²) in [5.41, 5.74) is 4.50. The van der Waals surface area contributed by atoms with E-state index in [1.165, 1.54) is 17.8 Å². The molecule has 6 nitrogen and oxygen atoms in total. The lowest BCUT2D eigenvalue weighted by molar-refractivity contribution is -0.121. The zero-order valence-electron chi connectivity index (χ0n) is 17.9. The van der Waals surface area contributed by atoms with Crippen LogP contribution in [0.25, 0.3) is 0 Å². The van der Waals surface area contributed by atoms with E-state index in [9.17, 15) is 9.90 Å². The second kappa shape index (κ2) is 11.0. The fourth-order valence-corrected chi connectivity index (χ4v) is 3.11. The molecule has 7 heteroatoms. The van der Waals surface area contributed by atoms with Gasteiger partial charge in [0.1, 0.15) is 5.75 Å². The summed E-state index contributed by atoms with van der Waals surface area (Å²) in [5, 5.41) is 13.6. The third kappa shape index (κ3) is 7.37. The minimum atomic E-state index is -0.194. The Balaban J connectivity index is 1.75. The van der Waals surface area contributed by atoms with Gasteiger partial charge in [0, 0.05) is 6.42 Å². The van der Waals surface area contributed by atoms with E-state index < -0.39 is 0 Å². The van der Waals surface area contributed by atoms with Crippen LogP contribution >= 0.6 is 15.9 Å². The molecule has 0 aliphatic heterocycles. The molecule has 0 aliphatic carbocycles. The van der Waals surface area contributed by atoms with Crippen molar-refractivity contribution in [1.29, 1.82) is 0 Å². The van der Waals surface area contributed by atoms with Crippen molar-refractivity contribution in [2.24, 2.45) is 5.10 Å². The van der Waals surface area contributed by atoms with Gasteiger partial charge in [-0.1, -0.05) is 26.8 Å². The number of amides is 1. The molecule has 2 rings (SSSR count). The van der Waals surface area contributed by atoms with E-state index in [2.05, 4.69) is 59.4 Å². The van der Waals surface area contributed by atoms with Crippen LogP contribution in [0.3, 0.4) is 0 Å². The number of nitrogens with one attached hydrogen (secondary N) is 1. The number of phenolic OH excluding ortho intramolecular Hbond substituents is 1. The number of nitrogens with zero attached hydrogens (tertiary/aromatic N) is 1. The molecule has 0 fully saturated rings. The molecule has 0 spiro atoms. The van der Waals surface area contributed by atoms with Gasteiger partial charge in [0.05, 0.1) is 23.9 Å². The van der Waals surface area contributed by atoms with Crippen LogP contribution in [-0.2, 0) is 10.2 Å². The highest BCUT2D eigenvalue weighted by atomic mass is 79.9. The Morgan fingerprint density at radius 3 is 2.60 bits per heavy atom. The molecular weight excluding hydrogens is 448 g/mol. The zero-order valence-corrected chi connectivity index (χ0v) is 19.5. The van der Waals surface area contributed by atoms with Gasteiger partial charge in [-0.2, -0.15) is 5.10 Å². The van der Waals surface area contributed by atoms with Gasteiger partial charge < -0.3 is 14.6 Å². The van der Waals surface area contributed by atoms with Crippen molar-refractivity contribution in [3.8, 4) is 17.2 Å². The molecule has 2 N–H and O–H groups in total. The molecule has 0 radical (unpaired) electrons. The maximum absolute atomic E-state index is 11.9. The number of ether oxygens (including phenoxy) is 2. The van der Waals surface area contributed by atoms with E-state index in [0.717, 1.165) is 10.2 Å². The number of carbonyl (C=O) groups excluding carboxylic acids is 1. The Morgan fingerprint density at radius 2 is 1.93 bits per heavy atom. The maximum Gasteiger partial charge on any atom is 0.240 e. The van der Waals surface area contributed by atoms with Crippen molar-refractivity contribution in [1.82, 2.24) is 5.43 Å². The van der Waals surface area contributed by atoms with E-state index in [4.69, 9.17) is 9.47 Å². The summed E-state index contributed by atoms with van der Waals surface area (Å²) < 4.78 is 12.0. The number of benzene rings is 2. The van der Waals surface area contributed by atoms with Crippen LogP contribution in [0.15, 0.2) is 46.0 Å². The number of rotatable bonds is 9. The zero-order chi connectivity index (χ0) is 22.1. The molecule has 30 heavy (non-hydrogen) atoms. The largest absolute Gasteiger partial charge is 0.504 e. The highest BCUT2D eigenvalue weighted by molar-refractivity contribution is 9.10. The molecule has 162 valence electrons. The fourth-order valence-electron chi connectivity index (χ4n) is 2.62. The lowest BCUT2D eigenvalue weighted by atomic mass is 9.87. The molecule has 0 unspecified atom stereocenters. The first-order chi connectivity index (χ1) is 14.2. The second-order valence-corrected chi connectivity index (χ2v) is 8.65. The van der Waals surface area contributed by atoms with Crippen molar-refractivity contribution in [2.75, 3.05) is 13.2 Å². The van der Waals surface area contributed by atoms with Crippen LogP contribution in [0.5, 0.6) is 17.2 Å². The molecular formula is C23H29BrN2O4. The van der Waals surface area contributed by atoms with Crippen molar-refractivity contribution < 1.29 is 19.4 Å². The highest BCUT2D eigenvalue weighted by Gasteiger charge is 2.15. The molecule has 0 saturated carbocycles. The lowest BCUT2D eigenvalue weighted by Gasteiger charge is -2.20.